The van der Waals surface area contributed by atoms with Crippen LogP contribution in [-0.4, -0.2) is 29.6 Å². The van der Waals surface area contributed by atoms with Crippen LogP contribution >= 0.6 is 0 Å². The van der Waals surface area contributed by atoms with Crippen LogP contribution in [0.25, 0.3) is 0 Å². The number of nitrogens with zero attached hydrogens (tertiary/aromatic N) is 3. The van der Waals surface area contributed by atoms with Gasteiger partial charge < -0.3 is 10.2 Å². The number of aromatic nitrogens is 2. The Morgan fingerprint density at radius 2 is 2.24 bits per heavy atom. The minimum Gasteiger partial charge on any atom is -0.356 e. The summed E-state index contributed by atoms with van der Waals surface area (Å²) < 4.78 is 0. The van der Waals surface area contributed by atoms with Gasteiger partial charge in [-0.15, -0.1) is 0 Å². The first-order chi connectivity index (χ1) is 8.33. The molecule has 1 fully saturated rings. The summed E-state index contributed by atoms with van der Waals surface area (Å²) in [5, 5.41) is 3.23. The van der Waals surface area contributed by atoms with Crippen LogP contribution in [0.5, 0.6) is 0 Å². The molecule has 4 heteroatoms. The quantitative estimate of drug-likeness (QED) is 0.787. The summed E-state index contributed by atoms with van der Waals surface area (Å²) in [5.41, 5.74) is 0. The van der Waals surface area contributed by atoms with Crippen LogP contribution in [0.3, 0.4) is 0 Å². The second kappa shape index (κ2) is 5.84. The van der Waals surface area contributed by atoms with Gasteiger partial charge in [0.2, 0.25) is 5.95 Å². The maximum atomic E-state index is 4.57. The number of nitrogens with one attached hydrogen (secondary N) is 1. The summed E-state index contributed by atoms with van der Waals surface area (Å²) in [5.74, 6) is 2.68. The molecule has 0 saturated heterocycles. The molecule has 0 aromatic carbocycles. The first-order valence-electron chi connectivity index (χ1n) is 6.65. The molecule has 1 aromatic heterocycles. The molecule has 4 nitrogen and oxygen atoms in total. The predicted octanol–water partition coefficient (Wildman–Crippen LogP) is 2.53. The van der Waals surface area contributed by atoms with Crippen LogP contribution in [0.2, 0.25) is 0 Å². The zero-order chi connectivity index (χ0) is 12.1. The van der Waals surface area contributed by atoms with E-state index < -0.39 is 0 Å². The molecule has 1 aromatic rings. The normalized spacial score (nSPS) is 14.7. The van der Waals surface area contributed by atoms with E-state index >= 15 is 0 Å². The second-order valence-electron chi connectivity index (χ2n) is 4.65. The lowest BCUT2D eigenvalue weighted by molar-refractivity contribution is 0.730. The summed E-state index contributed by atoms with van der Waals surface area (Å²) in [6, 6.07) is 2.00. The van der Waals surface area contributed by atoms with Crippen molar-refractivity contribution in [2.45, 2.75) is 33.1 Å². The van der Waals surface area contributed by atoms with Crippen molar-refractivity contribution in [1.82, 2.24) is 9.97 Å². The summed E-state index contributed by atoms with van der Waals surface area (Å²) >= 11 is 0. The lowest BCUT2D eigenvalue weighted by Crippen LogP contribution is -2.26. The van der Waals surface area contributed by atoms with E-state index in [2.05, 4.69) is 34.0 Å². The van der Waals surface area contributed by atoms with Gasteiger partial charge in [0.05, 0.1) is 0 Å². The Labute approximate surface area is 103 Å². The summed E-state index contributed by atoms with van der Waals surface area (Å²) in [7, 11) is 0. The van der Waals surface area contributed by atoms with Gasteiger partial charge in [0.25, 0.3) is 0 Å². The molecule has 1 N–H and O–H groups in total. The maximum absolute atomic E-state index is 4.57. The van der Waals surface area contributed by atoms with E-state index in [0.29, 0.717) is 0 Å². The van der Waals surface area contributed by atoms with Crippen LogP contribution in [-0.2, 0) is 0 Å². The molecule has 0 amide bonds. The van der Waals surface area contributed by atoms with E-state index in [-0.39, 0.29) is 0 Å². The summed E-state index contributed by atoms with van der Waals surface area (Å²) in [6.45, 7) is 7.41. The molecule has 17 heavy (non-hydrogen) atoms. The largest absolute Gasteiger partial charge is 0.356 e. The third-order valence-electron chi connectivity index (χ3n) is 3.06. The molecule has 94 valence electrons. The molecule has 0 spiro atoms. The standard InChI is InChI=1S/C13H22N4/c1-3-8-14-13-15-9-7-12(16-13)17(4-2)10-11-5-6-11/h7,9,11H,3-6,8,10H2,1-2H3,(H,14,15,16). The highest BCUT2D eigenvalue weighted by molar-refractivity contribution is 5.42. The fourth-order valence-electron chi connectivity index (χ4n) is 1.84. The Morgan fingerprint density at radius 3 is 2.88 bits per heavy atom. The van der Waals surface area contributed by atoms with Gasteiger partial charge >= 0.3 is 0 Å². The van der Waals surface area contributed by atoms with Crippen molar-refractivity contribution in [1.29, 1.82) is 0 Å². The van der Waals surface area contributed by atoms with Crippen LogP contribution < -0.4 is 10.2 Å². The molecule has 2 rings (SSSR count). The van der Waals surface area contributed by atoms with Crippen molar-refractivity contribution in [2.75, 3.05) is 29.9 Å². The van der Waals surface area contributed by atoms with Gasteiger partial charge in [-0.1, -0.05) is 6.92 Å². The highest BCUT2D eigenvalue weighted by atomic mass is 15.2. The van der Waals surface area contributed by atoms with Crippen LogP contribution in [0.15, 0.2) is 12.3 Å². The van der Waals surface area contributed by atoms with Gasteiger partial charge in [-0.2, -0.15) is 4.98 Å². The molecule has 1 aliphatic rings. The number of hydrogen-bond acceptors (Lipinski definition) is 4. The minimum absolute atomic E-state index is 0.749. The van der Waals surface area contributed by atoms with Crippen LogP contribution in [0.1, 0.15) is 33.1 Å². The van der Waals surface area contributed by atoms with Crippen molar-refractivity contribution in [3.8, 4) is 0 Å². The molecule has 1 saturated carbocycles. The van der Waals surface area contributed by atoms with Gasteiger partial charge in [0.1, 0.15) is 5.82 Å². The van der Waals surface area contributed by atoms with Crippen molar-refractivity contribution in [3.05, 3.63) is 12.3 Å². The van der Waals surface area contributed by atoms with E-state index in [9.17, 15) is 0 Å². The molecule has 1 heterocycles. The Morgan fingerprint density at radius 1 is 1.41 bits per heavy atom. The second-order valence-corrected chi connectivity index (χ2v) is 4.65. The Balaban J connectivity index is 2.01. The van der Waals surface area contributed by atoms with Crippen LogP contribution in [0.4, 0.5) is 11.8 Å². The fourth-order valence-corrected chi connectivity index (χ4v) is 1.84. The van der Waals surface area contributed by atoms with Crippen molar-refractivity contribution >= 4 is 11.8 Å². The molecular weight excluding hydrogens is 212 g/mol. The first-order valence-corrected chi connectivity index (χ1v) is 6.65. The number of hydrogen-bond donors (Lipinski definition) is 1. The van der Waals surface area contributed by atoms with Crippen molar-refractivity contribution < 1.29 is 0 Å². The van der Waals surface area contributed by atoms with Gasteiger partial charge in [-0.25, -0.2) is 4.98 Å². The zero-order valence-electron chi connectivity index (χ0n) is 10.8. The van der Waals surface area contributed by atoms with Gasteiger partial charge in [-0.05, 0) is 38.2 Å². The maximum Gasteiger partial charge on any atom is 0.224 e. The lowest BCUT2D eigenvalue weighted by atomic mass is 10.3. The Bertz CT molecular complexity index is 349. The van der Waals surface area contributed by atoms with E-state index in [4.69, 9.17) is 0 Å². The lowest BCUT2D eigenvalue weighted by Gasteiger charge is -2.22. The molecule has 1 aliphatic carbocycles. The highest BCUT2D eigenvalue weighted by Crippen LogP contribution is 2.30. The van der Waals surface area contributed by atoms with Crippen molar-refractivity contribution in [3.63, 3.8) is 0 Å². The Kier molecular flexibility index (Phi) is 4.18. The monoisotopic (exact) mass is 234 g/mol. The van der Waals surface area contributed by atoms with Gasteiger partial charge in [0, 0.05) is 25.8 Å². The summed E-state index contributed by atoms with van der Waals surface area (Å²) in [4.78, 5) is 11.1. The smallest absolute Gasteiger partial charge is 0.224 e. The Hall–Kier alpha value is -1.32. The fraction of sp³-hybridized carbons (Fsp3) is 0.692. The van der Waals surface area contributed by atoms with E-state index in [1.165, 1.54) is 12.8 Å². The molecule has 0 aliphatic heterocycles. The molecule has 0 atom stereocenters. The zero-order valence-corrected chi connectivity index (χ0v) is 10.8. The van der Waals surface area contributed by atoms with Gasteiger partial charge in [-0.3, -0.25) is 0 Å². The number of rotatable bonds is 7. The average Bonchev–Trinajstić information content (AvgIpc) is 3.18. The summed E-state index contributed by atoms with van der Waals surface area (Å²) in [6.07, 6.45) is 5.69. The van der Waals surface area contributed by atoms with Crippen molar-refractivity contribution in [2.24, 2.45) is 5.92 Å². The molecule has 0 radical (unpaired) electrons. The first kappa shape index (κ1) is 12.1. The number of anilines is 2. The molecular formula is C13H22N4. The topological polar surface area (TPSA) is 41.1 Å². The van der Waals surface area contributed by atoms with Crippen LogP contribution in [0, 0.1) is 5.92 Å². The third-order valence-corrected chi connectivity index (χ3v) is 3.06. The average molecular weight is 234 g/mol. The highest BCUT2D eigenvalue weighted by Gasteiger charge is 2.24. The van der Waals surface area contributed by atoms with E-state index in [1.807, 2.05) is 12.3 Å². The SMILES string of the molecule is CCCNc1nccc(N(CC)CC2CC2)n1. The van der Waals surface area contributed by atoms with E-state index in [1.54, 1.807) is 0 Å². The molecule has 0 bridgehead atoms. The van der Waals surface area contributed by atoms with E-state index in [0.717, 1.165) is 43.7 Å². The van der Waals surface area contributed by atoms with Gasteiger partial charge in [0.15, 0.2) is 0 Å². The predicted molar refractivity (Wildman–Crippen MR) is 71.4 cm³/mol. The third kappa shape index (κ3) is 3.58. The molecule has 0 unspecified atom stereocenters. The minimum atomic E-state index is 0.749.